The first-order chi connectivity index (χ1) is 16.2. The third-order valence-corrected chi connectivity index (χ3v) is 5.92. The van der Waals surface area contributed by atoms with Gasteiger partial charge < -0.3 is 14.6 Å². The number of aromatic nitrogens is 2. The molecule has 2 aromatic heterocycles. The zero-order valence-corrected chi connectivity index (χ0v) is 18.1. The van der Waals surface area contributed by atoms with Crippen molar-refractivity contribution in [2.45, 2.75) is 12.8 Å². The van der Waals surface area contributed by atoms with Crippen molar-refractivity contribution in [2.24, 2.45) is 5.92 Å². The maximum atomic E-state index is 13.3. The molecular weight excluding hydrogens is 416 g/mol. The van der Waals surface area contributed by atoms with E-state index in [0.29, 0.717) is 18.7 Å². The first-order valence-corrected chi connectivity index (χ1v) is 11.0. The third-order valence-electron chi connectivity index (χ3n) is 5.92. The monoisotopic (exact) mass is 440 g/mol. The summed E-state index contributed by atoms with van der Waals surface area (Å²) in [5.74, 6) is 0.369. The van der Waals surface area contributed by atoms with Crippen molar-refractivity contribution in [1.29, 1.82) is 0 Å². The van der Waals surface area contributed by atoms with Gasteiger partial charge in [-0.1, -0.05) is 12.1 Å². The van der Waals surface area contributed by atoms with Crippen LogP contribution in [0.25, 0.3) is 17.0 Å². The zero-order chi connectivity index (χ0) is 22.6. The number of carbonyl (C=O) groups excluding carboxylic acids is 2. The summed E-state index contributed by atoms with van der Waals surface area (Å²) < 4.78 is 7.10. The Morgan fingerprint density at radius 1 is 1.00 bits per heavy atom. The van der Waals surface area contributed by atoms with E-state index in [2.05, 4.69) is 10.4 Å². The van der Waals surface area contributed by atoms with Gasteiger partial charge in [0.15, 0.2) is 0 Å². The summed E-state index contributed by atoms with van der Waals surface area (Å²) in [4.78, 5) is 28.1. The van der Waals surface area contributed by atoms with Crippen LogP contribution >= 0.6 is 0 Å². The predicted octanol–water partition coefficient (Wildman–Crippen LogP) is 4.62. The molecule has 4 aromatic rings. The smallest absolute Gasteiger partial charge is 0.256 e. The van der Waals surface area contributed by atoms with Gasteiger partial charge in [-0.05, 0) is 67.4 Å². The molecule has 7 heteroatoms. The van der Waals surface area contributed by atoms with Crippen LogP contribution in [0.15, 0.2) is 89.8 Å². The highest BCUT2D eigenvalue weighted by Crippen LogP contribution is 2.25. The van der Waals surface area contributed by atoms with Crippen LogP contribution in [0.4, 0.5) is 5.69 Å². The van der Waals surface area contributed by atoms with Crippen molar-refractivity contribution in [3.8, 4) is 17.0 Å². The van der Waals surface area contributed by atoms with Gasteiger partial charge in [0.25, 0.3) is 5.91 Å². The van der Waals surface area contributed by atoms with Crippen LogP contribution in [-0.2, 0) is 4.79 Å². The van der Waals surface area contributed by atoms with Gasteiger partial charge in [0, 0.05) is 36.7 Å². The molecule has 1 atom stereocenters. The molecule has 3 heterocycles. The van der Waals surface area contributed by atoms with Crippen molar-refractivity contribution < 1.29 is 14.0 Å². The van der Waals surface area contributed by atoms with Gasteiger partial charge in [-0.3, -0.25) is 9.59 Å². The van der Waals surface area contributed by atoms with E-state index in [0.717, 1.165) is 35.5 Å². The second kappa shape index (κ2) is 9.16. The maximum absolute atomic E-state index is 13.3. The molecule has 1 saturated heterocycles. The summed E-state index contributed by atoms with van der Waals surface area (Å²) in [6.45, 7) is 1.02. The number of hydrogen-bond acceptors (Lipinski definition) is 4. The molecule has 166 valence electrons. The lowest BCUT2D eigenvalue weighted by Gasteiger charge is -2.32. The fourth-order valence-electron chi connectivity index (χ4n) is 4.22. The van der Waals surface area contributed by atoms with Crippen molar-refractivity contribution in [2.75, 3.05) is 18.4 Å². The number of para-hydroxylation sites is 1. The first kappa shape index (κ1) is 20.8. The molecule has 0 bridgehead atoms. The molecular formula is C26H24N4O3. The largest absolute Gasteiger partial charge is 0.464 e. The fourth-order valence-corrected chi connectivity index (χ4v) is 4.22. The minimum absolute atomic E-state index is 0.0707. The van der Waals surface area contributed by atoms with Gasteiger partial charge in [0.1, 0.15) is 5.76 Å². The molecule has 1 fully saturated rings. The number of nitrogens with zero attached hydrogens (tertiary/aromatic N) is 3. The fraction of sp³-hybridized carbons (Fsp3) is 0.192. The number of furan rings is 1. The third kappa shape index (κ3) is 4.43. The highest BCUT2D eigenvalue weighted by molar-refractivity contribution is 5.99. The lowest BCUT2D eigenvalue weighted by Crippen LogP contribution is -2.44. The Hall–Kier alpha value is -4.13. The number of anilines is 1. The minimum atomic E-state index is -0.260. The molecule has 33 heavy (non-hydrogen) atoms. The van der Waals surface area contributed by atoms with E-state index in [-0.39, 0.29) is 17.7 Å². The first-order valence-electron chi connectivity index (χ1n) is 11.0. The molecule has 2 aromatic carbocycles. The Balaban J connectivity index is 1.26. The molecule has 0 aliphatic carbocycles. The van der Waals surface area contributed by atoms with Gasteiger partial charge in [-0.2, -0.15) is 5.10 Å². The van der Waals surface area contributed by atoms with Gasteiger partial charge in [-0.15, -0.1) is 0 Å². The van der Waals surface area contributed by atoms with Crippen LogP contribution in [0.1, 0.15) is 23.2 Å². The van der Waals surface area contributed by atoms with Crippen molar-refractivity contribution in [1.82, 2.24) is 14.7 Å². The van der Waals surface area contributed by atoms with Gasteiger partial charge in [0.2, 0.25) is 5.91 Å². The van der Waals surface area contributed by atoms with Gasteiger partial charge in [0.05, 0.1) is 23.4 Å². The Morgan fingerprint density at radius 2 is 1.85 bits per heavy atom. The molecule has 7 nitrogen and oxygen atoms in total. The average Bonchev–Trinajstić information content (AvgIpc) is 3.59. The number of carbonyl (C=O) groups is 2. The van der Waals surface area contributed by atoms with Gasteiger partial charge >= 0.3 is 0 Å². The van der Waals surface area contributed by atoms with Crippen molar-refractivity contribution in [3.63, 3.8) is 0 Å². The molecule has 0 radical (unpaired) electrons. The number of benzene rings is 2. The Morgan fingerprint density at radius 3 is 2.61 bits per heavy atom. The van der Waals surface area contributed by atoms with E-state index in [1.54, 1.807) is 22.0 Å². The quantitative estimate of drug-likeness (QED) is 0.491. The molecule has 0 saturated carbocycles. The normalized spacial score (nSPS) is 15.9. The van der Waals surface area contributed by atoms with Crippen molar-refractivity contribution in [3.05, 3.63) is 91.0 Å². The molecule has 5 rings (SSSR count). The second-order valence-electron chi connectivity index (χ2n) is 8.10. The topological polar surface area (TPSA) is 80.4 Å². The molecule has 1 aliphatic rings. The lowest BCUT2D eigenvalue weighted by atomic mass is 9.96. The number of piperidine rings is 1. The summed E-state index contributed by atoms with van der Waals surface area (Å²) >= 11 is 0. The highest BCUT2D eigenvalue weighted by Gasteiger charge is 2.30. The van der Waals surface area contributed by atoms with Crippen LogP contribution in [0, 0.1) is 5.92 Å². The van der Waals surface area contributed by atoms with Crippen LogP contribution in [0.5, 0.6) is 0 Å². The molecule has 1 N–H and O–H groups in total. The van der Waals surface area contributed by atoms with E-state index in [9.17, 15) is 9.59 Å². The van der Waals surface area contributed by atoms with E-state index in [1.165, 1.54) is 0 Å². The number of likely N-dealkylation sites (tertiary alicyclic amines) is 1. The predicted molar refractivity (Wildman–Crippen MR) is 125 cm³/mol. The van der Waals surface area contributed by atoms with Crippen LogP contribution < -0.4 is 5.32 Å². The summed E-state index contributed by atoms with van der Waals surface area (Å²) in [5, 5.41) is 7.26. The summed E-state index contributed by atoms with van der Waals surface area (Å²) in [7, 11) is 0. The Labute approximate surface area is 191 Å². The molecule has 1 unspecified atom stereocenters. The Kier molecular flexibility index (Phi) is 5.76. The summed E-state index contributed by atoms with van der Waals surface area (Å²) in [6.07, 6.45) is 6.67. The van der Waals surface area contributed by atoms with Gasteiger partial charge in [-0.25, -0.2) is 4.68 Å². The van der Waals surface area contributed by atoms with Crippen LogP contribution in [0.3, 0.4) is 0 Å². The standard InChI is InChI=1S/C26H24N4O3/c31-25(28-21-12-10-19(11-13-21)24-9-4-17-33-24)20-6-3-15-29(18-20)26(32)22-7-1-2-8-23(22)30-16-5-14-27-30/h1-2,4-5,7-14,16-17,20H,3,6,15,18H2,(H,28,31). The van der Waals surface area contributed by atoms with E-state index < -0.39 is 0 Å². The van der Waals surface area contributed by atoms with Crippen LogP contribution in [-0.4, -0.2) is 39.6 Å². The number of rotatable bonds is 5. The van der Waals surface area contributed by atoms with E-state index in [1.807, 2.05) is 72.9 Å². The lowest BCUT2D eigenvalue weighted by molar-refractivity contribution is -0.121. The number of nitrogens with one attached hydrogen (secondary N) is 1. The van der Waals surface area contributed by atoms with E-state index in [4.69, 9.17) is 4.42 Å². The molecule has 0 spiro atoms. The molecule has 2 amide bonds. The minimum Gasteiger partial charge on any atom is -0.464 e. The molecule has 1 aliphatic heterocycles. The summed E-state index contributed by atoms with van der Waals surface area (Å²) in [5.41, 5.74) is 2.98. The van der Waals surface area contributed by atoms with Crippen LogP contribution in [0.2, 0.25) is 0 Å². The number of amides is 2. The highest BCUT2D eigenvalue weighted by atomic mass is 16.3. The SMILES string of the molecule is O=C(Nc1ccc(-c2ccco2)cc1)C1CCCN(C(=O)c2ccccc2-n2cccn2)C1. The summed E-state index contributed by atoms with van der Waals surface area (Å²) in [6, 6.07) is 20.5. The zero-order valence-electron chi connectivity index (χ0n) is 18.1. The van der Waals surface area contributed by atoms with E-state index >= 15 is 0 Å². The van der Waals surface area contributed by atoms with Crippen molar-refractivity contribution >= 4 is 17.5 Å². The average molecular weight is 441 g/mol. The second-order valence-corrected chi connectivity index (χ2v) is 8.10. The Bertz CT molecular complexity index is 1230. The maximum Gasteiger partial charge on any atom is 0.256 e. The number of hydrogen-bond donors (Lipinski definition) is 1.